The van der Waals surface area contributed by atoms with Crippen LogP contribution in [0, 0.1) is 11.3 Å². The molecular weight excluding hydrogens is 358 g/mol. The van der Waals surface area contributed by atoms with Gasteiger partial charge in [0.1, 0.15) is 23.4 Å². The minimum absolute atomic E-state index is 0. The van der Waals surface area contributed by atoms with E-state index in [-0.39, 0.29) is 18.3 Å². The molecule has 3 N–H and O–H groups in total. The molecule has 0 saturated heterocycles. The molecule has 2 aromatic rings. The van der Waals surface area contributed by atoms with Crippen molar-refractivity contribution in [1.82, 2.24) is 0 Å². The molecule has 0 aliphatic heterocycles. The summed E-state index contributed by atoms with van der Waals surface area (Å²) >= 11 is 1.53. The zero-order valence-corrected chi connectivity index (χ0v) is 15.3. The highest BCUT2D eigenvalue weighted by atomic mass is 35.5. The van der Waals surface area contributed by atoms with Crippen molar-refractivity contribution in [2.24, 2.45) is 5.73 Å². The number of carbonyl (C=O) groups is 1. The van der Waals surface area contributed by atoms with Gasteiger partial charge in [-0.25, -0.2) is 0 Å². The third-order valence-corrected chi connectivity index (χ3v) is 5.20. The number of anilines is 1. The molecule has 25 heavy (non-hydrogen) atoms. The molecule has 0 fully saturated rings. The number of fused-ring (bicyclic) bond motifs is 1. The van der Waals surface area contributed by atoms with Crippen LogP contribution in [0.25, 0.3) is 0 Å². The van der Waals surface area contributed by atoms with E-state index in [0.29, 0.717) is 35.0 Å². The van der Waals surface area contributed by atoms with Gasteiger partial charge in [0.2, 0.25) is 0 Å². The van der Waals surface area contributed by atoms with Crippen LogP contribution in [0.2, 0.25) is 0 Å². The van der Waals surface area contributed by atoms with E-state index >= 15 is 0 Å². The van der Waals surface area contributed by atoms with Crippen molar-refractivity contribution in [2.45, 2.75) is 25.7 Å². The Bertz CT molecular complexity index is 798. The maximum Gasteiger partial charge on any atom is 0.256 e. The summed E-state index contributed by atoms with van der Waals surface area (Å²) in [6.45, 7) is 0.823. The number of aryl methyl sites for hydroxylation is 1. The van der Waals surface area contributed by atoms with E-state index in [9.17, 15) is 10.1 Å². The summed E-state index contributed by atoms with van der Waals surface area (Å²) in [7, 11) is 0. The van der Waals surface area contributed by atoms with E-state index in [1.807, 2.05) is 0 Å². The molecule has 1 aliphatic carbocycles. The van der Waals surface area contributed by atoms with Gasteiger partial charge in [0.25, 0.3) is 5.91 Å². The summed E-state index contributed by atoms with van der Waals surface area (Å²) in [4.78, 5) is 13.8. The first-order chi connectivity index (χ1) is 11.7. The van der Waals surface area contributed by atoms with Crippen LogP contribution in [0.1, 0.15) is 39.2 Å². The van der Waals surface area contributed by atoms with Gasteiger partial charge in [0.05, 0.1) is 5.56 Å². The number of thiophene rings is 1. The summed E-state index contributed by atoms with van der Waals surface area (Å²) < 4.78 is 5.45. The maximum absolute atomic E-state index is 12.5. The summed E-state index contributed by atoms with van der Waals surface area (Å²) in [5, 5.41) is 13.0. The number of hydrogen-bond acceptors (Lipinski definition) is 5. The van der Waals surface area contributed by atoms with Crippen LogP contribution in [0.15, 0.2) is 24.3 Å². The highest BCUT2D eigenvalue weighted by Crippen LogP contribution is 2.37. The number of ether oxygens (including phenoxy) is 1. The van der Waals surface area contributed by atoms with E-state index in [1.54, 1.807) is 24.3 Å². The van der Waals surface area contributed by atoms with Gasteiger partial charge in [-0.15, -0.1) is 23.7 Å². The number of nitriles is 1. The molecule has 0 bridgehead atoms. The molecule has 0 spiro atoms. The molecule has 0 radical (unpaired) electrons. The summed E-state index contributed by atoms with van der Waals surface area (Å²) in [5.74, 6) is 0.377. The number of hydrogen-bond donors (Lipinski definition) is 2. The van der Waals surface area contributed by atoms with E-state index in [1.165, 1.54) is 16.2 Å². The van der Waals surface area contributed by atoms with Crippen LogP contribution in [-0.4, -0.2) is 19.1 Å². The average Bonchev–Trinajstić information content (AvgIpc) is 2.97. The fourth-order valence-electron chi connectivity index (χ4n) is 2.85. The SMILES string of the molecule is Cl.N#Cc1c(NC(=O)c2cccc(OCCN)c2)sc2c1CCCC2. The predicted octanol–water partition coefficient (Wildman–Crippen LogP) is 3.51. The second kappa shape index (κ2) is 8.86. The first-order valence-electron chi connectivity index (χ1n) is 8.02. The quantitative estimate of drug-likeness (QED) is 0.834. The molecule has 5 nitrogen and oxygen atoms in total. The van der Waals surface area contributed by atoms with Crippen molar-refractivity contribution in [3.8, 4) is 11.8 Å². The van der Waals surface area contributed by atoms with Gasteiger partial charge in [0.15, 0.2) is 0 Å². The van der Waals surface area contributed by atoms with Crippen LogP contribution in [0.3, 0.4) is 0 Å². The fraction of sp³-hybridized carbons (Fsp3) is 0.333. The van der Waals surface area contributed by atoms with E-state index in [2.05, 4.69) is 11.4 Å². The lowest BCUT2D eigenvalue weighted by molar-refractivity contribution is 0.102. The summed E-state index contributed by atoms with van der Waals surface area (Å²) in [6, 6.07) is 9.23. The lowest BCUT2D eigenvalue weighted by Gasteiger charge is -2.09. The van der Waals surface area contributed by atoms with Gasteiger partial charge in [-0.05, 0) is 49.4 Å². The second-order valence-electron chi connectivity index (χ2n) is 5.65. The highest BCUT2D eigenvalue weighted by molar-refractivity contribution is 7.16. The summed E-state index contributed by atoms with van der Waals surface area (Å²) in [5.41, 5.74) is 7.66. The molecule has 1 aromatic carbocycles. The predicted molar refractivity (Wildman–Crippen MR) is 102 cm³/mol. The Kier molecular flexibility index (Phi) is 6.82. The number of rotatable bonds is 5. The van der Waals surface area contributed by atoms with Crippen LogP contribution in [0.5, 0.6) is 5.75 Å². The molecule has 1 amide bonds. The number of halogens is 1. The first kappa shape index (κ1) is 19.3. The molecule has 1 heterocycles. The maximum atomic E-state index is 12.5. The zero-order valence-electron chi connectivity index (χ0n) is 13.7. The van der Waals surface area contributed by atoms with Crippen molar-refractivity contribution in [2.75, 3.05) is 18.5 Å². The van der Waals surface area contributed by atoms with Crippen LogP contribution >= 0.6 is 23.7 Å². The Morgan fingerprint density at radius 1 is 1.36 bits per heavy atom. The number of amides is 1. The van der Waals surface area contributed by atoms with Gasteiger partial charge >= 0.3 is 0 Å². The van der Waals surface area contributed by atoms with E-state index < -0.39 is 0 Å². The first-order valence-corrected chi connectivity index (χ1v) is 8.83. The highest BCUT2D eigenvalue weighted by Gasteiger charge is 2.22. The van der Waals surface area contributed by atoms with Gasteiger partial charge in [-0.2, -0.15) is 5.26 Å². The van der Waals surface area contributed by atoms with Gasteiger partial charge in [0, 0.05) is 17.0 Å². The van der Waals surface area contributed by atoms with Gasteiger partial charge < -0.3 is 15.8 Å². The number of nitrogens with zero attached hydrogens (tertiary/aromatic N) is 1. The van der Waals surface area contributed by atoms with E-state index in [0.717, 1.165) is 31.2 Å². The minimum Gasteiger partial charge on any atom is -0.492 e. The molecule has 1 aromatic heterocycles. The standard InChI is InChI=1S/C18H19N3O2S.ClH/c19-8-9-23-13-5-3-4-12(10-13)17(22)21-18-15(11-20)14-6-1-2-7-16(14)24-18;/h3-5,10H,1-2,6-9,19H2,(H,21,22);1H. The van der Waals surface area contributed by atoms with Crippen molar-refractivity contribution in [3.05, 3.63) is 45.8 Å². The normalized spacial score (nSPS) is 12.5. The fourth-order valence-corrected chi connectivity index (χ4v) is 4.09. The third kappa shape index (κ3) is 4.31. The van der Waals surface area contributed by atoms with Crippen LogP contribution in [0.4, 0.5) is 5.00 Å². The van der Waals surface area contributed by atoms with Crippen LogP contribution in [-0.2, 0) is 12.8 Å². The monoisotopic (exact) mass is 377 g/mol. The summed E-state index contributed by atoms with van der Waals surface area (Å²) in [6.07, 6.45) is 4.17. The number of nitrogens with one attached hydrogen (secondary N) is 1. The van der Waals surface area contributed by atoms with Crippen molar-refractivity contribution in [3.63, 3.8) is 0 Å². The smallest absolute Gasteiger partial charge is 0.256 e. The van der Waals surface area contributed by atoms with Crippen molar-refractivity contribution in [1.29, 1.82) is 5.26 Å². The Morgan fingerprint density at radius 3 is 2.92 bits per heavy atom. The molecular formula is C18H20ClN3O2S. The van der Waals surface area contributed by atoms with Gasteiger partial charge in [-0.1, -0.05) is 6.07 Å². The second-order valence-corrected chi connectivity index (χ2v) is 6.75. The Hall–Kier alpha value is -2.07. The number of nitrogens with two attached hydrogens (primary N) is 1. The lowest BCUT2D eigenvalue weighted by Crippen LogP contribution is -2.13. The molecule has 132 valence electrons. The lowest BCUT2D eigenvalue weighted by atomic mass is 9.96. The number of carbonyl (C=O) groups excluding carboxylic acids is 1. The van der Waals surface area contributed by atoms with Crippen LogP contribution < -0.4 is 15.8 Å². The molecule has 1 aliphatic rings. The van der Waals surface area contributed by atoms with Crippen molar-refractivity contribution >= 4 is 34.7 Å². The average molecular weight is 378 g/mol. The topological polar surface area (TPSA) is 88.1 Å². The molecule has 0 saturated carbocycles. The minimum atomic E-state index is -0.233. The molecule has 0 atom stereocenters. The zero-order chi connectivity index (χ0) is 16.9. The Morgan fingerprint density at radius 2 is 2.16 bits per heavy atom. The largest absolute Gasteiger partial charge is 0.492 e. The van der Waals surface area contributed by atoms with Gasteiger partial charge in [-0.3, -0.25) is 4.79 Å². The number of benzene rings is 1. The molecule has 3 rings (SSSR count). The molecule has 0 unspecified atom stereocenters. The Labute approximate surface area is 157 Å². The van der Waals surface area contributed by atoms with Crippen molar-refractivity contribution < 1.29 is 9.53 Å². The third-order valence-electron chi connectivity index (χ3n) is 3.99. The Balaban J connectivity index is 0.00000225. The molecule has 7 heteroatoms. The van der Waals surface area contributed by atoms with E-state index in [4.69, 9.17) is 10.5 Å².